The summed E-state index contributed by atoms with van der Waals surface area (Å²) in [7, 11) is 0. The molecule has 1 aromatic carbocycles. The molecule has 1 fully saturated rings. The summed E-state index contributed by atoms with van der Waals surface area (Å²) >= 11 is 3.42. The van der Waals surface area contributed by atoms with Crippen molar-refractivity contribution in [3.63, 3.8) is 0 Å². The predicted molar refractivity (Wildman–Crippen MR) is 74.4 cm³/mol. The summed E-state index contributed by atoms with van der Waals surface area (Å²) in [6.07, 6.45) is 3.88. The van der Waals surface area contributed by atoms with Gasteiger partial charge in [0, 0.05) is 10.5 Å². The zero-order valence-electron chi connectivity index (χ0n) is 10.3. The first-order chi connectivity index (χ1) is 8.29. The van der Waals surface area contributed by atoms with Crippen LogP contribution in [0, 0.1) is 5.92 Å². The summed E-state index contributed by atoms with van der Waals surface area (Å²) in [5.41, 5.74) is 0. The second-order valence-electron chi connectivity index (χ2n) is 4.59. The van der Waals surface area contributed by atoms with E-state index in [0.29, 0.717) is 6.04 Å². The van der Waals surface area contributed by atoms with Gasteiger partial charge in [0.2, 0.25) is 0 Å². The first-order valence-electron chi connectivity index (χ1n) is 6.41. The lowest BCUT2D eigenvalue weighted by Gasteiger charge is -2.17. The maximum atomic E-state index is 5.75. The lowest BCUT2D eigenvalue weighted by atomic mass is 10.1. The Morgan fingerprint density at radius 2 is 2.06 bits per heavy atom. The molecule has 0 aromatic heterocycles. The lowest BCUT2D eigenvalue weighted by molar-refractivity contribution is 0.277. The molecule has 17 heavy (non-hydrogen) atoms. The lowest BCUT2D eigenvalue weighted by Crippen LogP contribution is -2.32. The third kappa shape index (κ3) is 4.32. The van der Waals surface area contributed by atoms with Crippen molar-refractivity contribution in [1.29, 1.82) is 0 Å². The van der Waals surface area contributed by atoms with Crippen molar-refractivity contribution in [2.24, 2.45) is 5.92 Å². The Labute approximate surface area is 112 Å². The van der Waals surface area contributed by atoms with Gasteiger partial charge in [-0.05, 0) is 56.0 Å². The third-order valence-corrected chi connectivity index (χ3v) is 3.70. The minimum atomic E-state index is 0.649. The largest absolute Gasteiger partial charge is 0.494 e. The molecule has 0 amide bonds. The summed E-state index contributed by atoms with van der Waals surface area (Å²) < 4.78 is 6.85. The number of hydrogen-bond donors (Lipinski definition) is 1. The van der Waals surface area contributed by atoms with Crippen molar-refractivity contribution < 1.29 is 4.74 Å². The van der Waals surface area contributed by atoms with E-state index in [9.17, 15) is 0 Å². The van der Waals surface area contributed by atoms with Gasteiger partial charge in [0.1, 0.15) is 5.75 Å². The molecule has 1 saturated carbocycles. The van der Waals surface area contributed by atoms with Crippen LogP contribution < -0.4 is 10.1 Å². The van der Waals surface area contributed by atoms with E-state index in [1.54, 1.807) is 0 Å². The van der Waals surface area contributed by atoms with Gasteiger partial charge in [0.05, 0.1) is 6.61 Å². The van der Waals surface area contributed by atoms with Crippen LogP contribution >= 0.6 is 15.9 Å². The molecule has 0 bridgehead atoms. The van der Waals surface area contributed by atoms with E-state index in [2.05, 4.69) is 28.2 Å². The minimum Gasteiger partial charge on any atom is -0.494 e. The van der Waals surface area contributed by atoms with Crippen LogP contribution in [0.4, 0.5) is 0 Å². The number of hydrogen-bond acceptors (Lipinski definition) is 2. The molecule has 0 radical (unpaired) electrons. The van der Waals surface area contributed by atoms with Gasteiger partial charge in [-0.1, -0.05) is 22.9 Å². The Morgan fingerprint density at radius 1 is 1.35 bits per heavy atom. The molecule has 3 heteroatoms. The number of halogens is 1. The summed E-state index contributed by atoms with van der Waals surface area (Å²) in [4.78, 5) is 0. The molecule has 1 N–H and O–H groups in total. The molecule has 0 aliphatic heterocycles. The molecular weight excluding hydrogens is 278 g/mol. The highest BCUT2D eigenvalue weighted by Crippen LogP contribution is 2.34. The van der Waals surface area contributed by atoms with E-state index in [-0.39, 0.29) is 0 Å². The summed E-state index contributed by atoms with van der Waals surface area (Å²) in [6.45, 7) is 4.03. The molecule has 0 heterocycles. The number of benzene rings is 1. The molecule has 0 saturated heterocycles. The number of ether oxygens (including phenoxy) is 1. The van der Waals surface area contributed by atoms with E-state index in [4.69, 9.17) is 4.74 Å². The Hall–Kier alpha value is -0.540. The molecule has 1 aliphatic carbocycles. The molecule has 1 aliphatic rings. The Kier molecular flexibility index (Phi) is 4.86. The van der Waals surface area contributed by atoms with Crippen molar-refractivity contribution in [3.05, 3.63) is 28.7 Å². The molecule has 1 atom stereocenters. The molecule has 1 unspecified atom stereocenters. The Bertz CT molecular complexity index is 335. The highest BCUT2D eigenvalue weighted by atomic mass is 79.9. The molecule has 0 spiro atoms. The molecule has 1 aromatic rings. The van der Waals surface area contributed by atoms with Crippen molar-refractivity contribution in [2.75, 3.05) is 13.2 Å². The highest BCUT2D eigenvalue weighted by molar-refractivity contribution is 9.10. The first kappa shape index (κ1) is 12.9. The SMILES string of the molecule is CCNC(CCOc1ccc(Br)cc1)C1CC1. The van der Waals surface area contributed by atoms with Crippen LogP contribution in [0.25, 0.3) is 0 Å². The van der Waals surface area contributed by atoms with E-state index in [1.165, 1.54) is 12.8 Å². The van der Waals surface area contributed by atoms with Gasteiger partial charge in [-0.3, -0.25) is 0 Å². The van der Waals surface area contributed by atoms with Crippen LogP contribution in [0.15, 0.2) is 28.7 Å². The quantitative estimate of drug-likeness (QED) is 0.830. The van der Waals surface area contributed by atoms with Gasteiger partial charge in [0.25, 0.3) is 0 Å². The topological polar surface area (TPSA) is 21.3 Å². The monoisotopic (exact) mass is 297 g/mol. The van der Waals surface area contributed by atoms with Crippen molar-refractivity contribution in [3.8, 4) is 5.75 Å². The van der Waals surface area contributed by atoms with Crippen LogP contribution in [-0.2, 0) is 0 Å². The van der Waals surface area contributed by atoms with Crippen molar-refractivity contribution >= 4 is 15.9 Å². The zero-order chi connectivity index (χ0) is 12.1. The third-order valence-electron chi connectivity index (χ3n) is 3.17. The molecule has 2 rings (SSSR count). The fraction of sp³-hybridized carbons (Fsp3) is 0.571. The van der Waals surface area contributed by atoms with Gasteiger partial charge in [-0.25, -0.2) is 0 Å². The second kappa shape index (κ2) is 6.41. The predicted octanol–water partition coefficient (Wildman–Crippen LogP) is 3.61. The van der Waals surface area contributed by atoms with E-state index >= 15 is 0 Å². The normalized spacial score (nSPS) is 16.8. The van der Waals surface area contributed by atoms with Crippen LogP contribution in [0.1, 0.15) is 26.2 Å². The number of rotatable bonds is 7. The van der Waals surface area contributed by atoms with E-state index in [1.807, 2.05) is 24.3 Å². The minimum absolute atomic E-state index is 0.649. The van der Waals surface area contributed by atoms with Crippen LogP contribution in [0.2, 0.25) is 0 Å². The first-order valence-corrected chi connectivity index (χ1v) is 7.20. The molecule has 2 nitrogen and oxygen atoms in total. The fourth-order valence-electron chi connectivity index (χ4n) is 2.10. The molecule has 94 valence electrons. The van der Waals surface area contributed by atoms with Crippen molar-refractivity contribution in [1.82, 2.24) is 5.32 Å². The summed E-state index contributed by atoms with van der Waals surface area (Å²) in [5, 5.41) is 3.55. The van der Waals surface area contributed by atoms with Gasteiger partial charge in [-0.15, -0.1) is 0 Å². The van der Waals surface area contributed by atoms with Gasteiger partial charge >= 0.3 is 0 Å². The zero-order valence-corrected chi connectivity index (χ0v) is 11.9. The summed E-state index contributed by atoms with van der Waals surface area (Å²) in [6, 6.07) is 8.68. The van der Waals surface area contributed by atoms with Crippen LogP contribution in [-0.4, -0.2) is 19.2 Å². The smallest absolute Gasteiger partial charge is 0.119 e. The maximum Gasteiger partial charge on any atom is 0.119 e. The standard InChI is InChI=1S/C14H20BrNO/c1-2-16-14(11-3-4-11)9-10-17-13-7-5-12(15)6-8-13/h5-8,11,14,16H,2-4,9-10H2,1H3. The van der Waals surface area contributed by atoms with E-state index in [0.717, 1.165) is 35.7 Å². The van der Waals surface area contributed by atoms with Crippen LogP contribution in [0.5, 0.6) is 5.75 Å². The Morgan fingerprint density at radius 3 is 2.65 bits per heavy atom. The molecular formula is C14H20BrNO. The van der Waals surface area contributed by atoms with Crippen LogP contribution in [0.3, 0.4) is 0 Å². The van der Waals surface area contributed by atoms with E-state index < -0.39 is 0 Å². The fourth-order valence-corrected chi connectivity index (χ4v) is 2.36. The van der Waals surface area contributed by atoms with Gasteiger partial charge in [0.15, 0.2) is 0 Å². The second-order valence-corrected chi connectivity index (χ2v) is 5.51. The number of nitrogens with one attached hydrogen (secondary N) is 1. The summed E-state index contributed by atoms with van der Waals surface area (Å²) in [5.74, 6) is 1.85. The van der Waals surface area contributed by atoms with Crippen molar-refractivity contribution in [2.45, 2.75) is 32.2 Å². The average Bonchev–Trinajstić information content (AvgIpc) is 3.15. The maximum absolute atomic E-state index is 5.75. The highest BCUT2D eigenvalue weighted by Gasteiger charge is 2.30. The van der Waals surface area contributed by atoms with Gasteiger partial charge in [-0.2, -0.15) is 0 Å². The van der Waals surface area contributed by atoms with Gasteiger partial charge < -0.3 is 10.1 Å². The average molecular weight is 298 g/mol. The Balaban J connectivity index is 1.72.